The van der Waals surface area contributed by atoms with Crippen molar-refractivity contribution in [3.05, 3.63) is 28.5 Å². The van der Waals surface area contributed by atoms with Gasteiger partial charge in [0.1, 0.15) is 5.69 Å². The van der Waals surface area contributed by atoms with Crippen molar-refractivity contribution < 1.29 is 4.79 Å². The Morgan fingerprint density at radius 2 is 1.73 bits per heavy atom. The van der Waals surface area contributed by atoms with Crippen LogP contribution in [0.2, 0.25) is 0 Å². The van der Waals surface area contributed by atoms with Crippen LogP contribution in [-0.4, -0.2) is 20.7 Å². The van der Waals surface area contributed by atoms with Crippen LogP contribution in [0.3, 0.4) is 0 Å². The summed E-state index contributed by atoms with van der Waals surface area (Å²) in [6, 6.07) is 1.84. The fraction of sp³-hybridized carbons (Fsp3) is 0.562. The van der Waals surface area contributed by atoms with Gasteiger partial charge in [-0.15, -0.1) is 11.3 Å². The summed E-state index contributed by atoms with van der Waals surface area (Å²) >= 11 is 1.44. The van der Waals surface area contributed by atoms with E-state index in [0.29, 0.717) is 10.8 Å². The summed E-state index contributed by atoms with van der Waals surface area (Å²) in [6.07, 6.45) is 0. The lowest BCUT2D eigenvalue weighted by atomic mass is 9.92. The van der Waals surface area contributed by atoms with Crippen molar-refractivity contribution in [1.82, 2.24) is 14.8 Å². The van der Waals surface area contributed by atoms with E-state index in [1.807, 2.05) is 11.4 Å². The molecule has 22 heavy (non-hydrogen) atoms. The molecule has 5 nitrogen and oxygen atoms in total. The zero-order chi connectivity index (χ0) is 16.7. The number of anilines is 1. The minimum Gasteiger partial charge on any atom is -0.296 e. The molecule has 0 saturated carbocycles. The van der Waals surface area contributed by atoms with Gasteiger partial charge in [-0.3, -0.25) is 14.8 Å². The highest BCUT2D eigenvalue weighted by atomic mass is 32.1. The highest BCUT2D eigenvalue weighted by molar-refractivity contribution is 7.14. The van der Waals surface area contributed by atoms with Crippen LogP contribution in [0.15, 0.2) is 11.4 Å². The van der Waals surface area contributed by atoms with Crippen molar-refractivity contribution in [2.24, 2.45) is 7.05 Å². The maximum Gasteiger partial charge on any atom is 0.275 e. The molecule has 2 aromatic rings. The molecule has 1 amide bonds. The van der Waals surface area contributed by atoms with Crippen molar-refractivity contribution in [3.8, 4) is 0 Å². The highest BCUT2D eigenvalue weighted by Gasteiger charge is 2.23. The van der Waals surface area contributed by atoms with Crippen LogP contribution in [0.1, 0.15) is 63.4 Å². The lowest BCUT2D eigenvalue weighted by Gasteiger charge is -2.14. The Bertz CT molecular complexity index is 686. The number of carbonyl (C=O) groups is 1. The summed E-state index contributed by atoms with van der Waals surface area (Å²) in [5.41, 5.74) is 2.31. The van der Waals surface area contributed by atoms with Crippen LogP contribution in [0.25, 0.3) is 0 Å². The minimum atomic E-state index is -0.180. The van der Waals surface area contributed by atoms with Gasteiger partial charge in [-0.1, -0.05) is 41.5 Å². The summed E-state index contributed by atoms with van der Waals surface area (Å²) in [5.74, 6) is -0.180. The molecular formula is C16H24N4OS. The van der Waals surface area contributed by atoms with Crippen molar-refractivity contribution in [3.63, 3.8) is 0 Å². The van der Waals surface area contributed by atoms with E-state index in [4.69, 9.17) is 0 Å². The predicted molar refractivity (Wildman–Crippen MR) is 90.7 cm³/mol. The quantitative estimate of drug-likeness (QED) is 0.917. The SMILES string of the molecule is Cn1nc(C(C)(C)C)cc1C(=O)Nc1nc(C(C)(C)C)cs1. The molecule has 2 aromatic heterocycles. The van der Waals surface area contributed by atoms with Crippen molar-refractivity contribution >= 4 is 22.4 Å². The zero-order valence-corrected chi connectivity index (χ0v) is 15.1. The van der Waals surface area contributed by atoms with Crippen molar-refractivity contribution in [1.29, 1.82) is 0 Å². The number of nitrogens with zero attached hydrogens (tertiary/aromatic N) is 3. The maximum absolute atomic E-state index is 12.4. The highest BCUT2D eigenvalue weighted by Crippen LogP contribution is 2.27. The monoisotopic (exact) mass is 320 g/mol. The average Bonchev–Trinajstić information content (AvgIpc) is 2.93. The van der Waals surface area contributed by atoms with E-state index < -0.39 is 0 Å². The first-order chi connectivity index (χ1) is 9.98. The fourth-order valence-corrected chi connectivity index (χ4v) is 2.82. The molecular weight excluding hydrogens is 296 g/mol. The van der Waals surface area contributed by atoms with E-state index in [2.05, 4.69) is 56.9 Å². The number of hydrogen-bond acceptors (Lipinski definition) is 4. The molecule has 6 heteroatoms. The van der Waals surface area contributed by atoms with Gasteiger partial charge in [0, 0.05) is 23.3 Å². The summed E-state index contributed by atoms with van der Waals surface area (Å²) in [7, 11) is 1.78. The number of nitrogens with one attached hydrogen (secondary N) is 1. The lowest BCUT2D eigenvalue weighted by Crippen LogP contribution is -2.17. The molecule has 2 heterocycles. The molecule has 0 atom stereocenters. The summed E-state index contributed by atoms with van der Waals surface area (Å²) < 4.78 is 1.62. The minimum absolute atomic E-state index is 0.0224. The number of thiazole rings is 1. The zero-order valence-electron chi connectivity index (χ0n) is 14.3. The molecule has 1 N–H and O–H groups in total. The second-order valence-electron chi connectivity index (χ2n) is 7.53. The second kappa shape index (κ2) is 5.50. The van der Waals surface area contributed by atoms with Gasteiger partial charge in [0.2, 0.25) is 0 Å². The number of hydrogen-bond donors (Lipinski definition) is 1. The molecule has 0 aromatic carbocycles. The van der Waals surface area contributed by atoms with Crippen LogP contribution in [0.5, 0.6) is 0 Å². The third kappa shape index (κ3) is 3.55. The van der Waals surface area contributed by atoms with Crippen LogP contribution >= 0.6 is 11.3 Å². The Hall–Kier alpha value is -1.69. The van der Waals surface area contributed by atoms with Crippen LogP contribution in [-0.2, 0) is 17.9 Å². The molecule has 0 aliphatic rings. The van der Waals surface area contributed by atoms with Gasteiger partial charge in [-0.2, -0.15) is 5.10 Å². The summed E-state index contributed by atoms with van der Waals surface area (Å²) in [6.45, 7) is 12.5. The van der Waals surface area contributed by atoms with Gasteiger partial charge in [0.05, 0.1) is 11.4 Å². The van der Waals surface area contributed by atoms with Gasteiger partial charge >= 0.3 is 0 Å². The van der Waals surface area contributed by atoms with Gasteiger partial charge in [-0.05, 0) is 6.07 Å². The molecule has 0 unspecified atom stereocenters. The lowest BCUT2D eigenvalue weighted by molar-refractivity contribution is 0.101. The van der Waals surface area contributed by atoms with E-state index in [-0.39, 0.29) is 16.7 Å². The molecule has 0 aliphatic heterocycles. The third-order valence-corrected chi connectivity index (χ3v) is 4.13. The molecule has 0 spiro atoms. The number of aromatic nitrogens is 3. The first-order valence-corrected chi connectivity index (χ1v) is 8.18. The van der Waals surface area contributed by atoms with Gasteiger partial charge < -0.3 is 0 Å². The van der Waals surface area contributed by atoms with Crippen LogP contribution < -0.4 is 5.32 Å². The Balaban J connectivity index is 2.20. The molecule has 120 valence electrons. The average molecular weight is 320 g/mol. The van der Waals surface area contributed by atoms with Crippen molar-refractivity contribution in [2.45, 2.75) is 52.4 Å². The number of rotatable bonds is 2. The Morgan fingerprint density at radius 1 is 1.14 bits per heavy atom. The smallest absolute Gasteiger partial charge is 0.275 e. The molecule has 0 saturated heterocycles. The Morgan fingerprint density at radius 3 is 2.18 bits per heavy atom. The molecule has 0 fully saturated rings. The molecule has 0 radical (unpaired) electrons. The van der Waals surface area contributed by atoms with Gasteiger partial charge in [0.15, 0.2) is 5.13 Å². The topological polar surface area (TPSA) is 59.8 Å². The number of amides is 1. The van der Waals surface area contributed by atoms with E-state index in [9.17, 15) is 4.79 Å². The van der Waals surface area contributed by atoms with E-state index in [1.54, 1.807) is 11.7 Å². The molecule has 0 bridgehead atoms. The van der Waals surface area contributed by atoms with Crippen molar-refractivity contribution in [2.75, 3.05) is 5.32 Å². The van der Waals surface area contributed by atoms with Gasteiger partial charge in [-0.25, -0.2) is 4.98 Å². The van der Waals surface area contributed by atoms with Gasteiger partial charge in [0.25, 0.3) is 5.91 Å². The molecule has 2 rings (SSSR count). The molecule has 0 aliphatic carbocycles. The normalized spacial score (nSPS) is 12.5. The predicted octanol–water partition coefficient (Wildman–Crippen LogP) is 3.72. The van der Waals surface area contributed by atoms with Crippen LogP contribution in [0, 0.1) is 0 Å². The van der Waals surface area contributed by atoms with E-state index in [1.165, 1.54) is 11.3 Å². The van der Waals surface area contributed by atoms with E-state index in [0.717, 1.165) is 11.4 Å². The largest absolute Gasteiger partial charge is 0.296 e. The summed E-state index contributed by atoms with van der Waals surface area (Å²) in [5, 5.41) is 9.90. The number of carbonyl (C=O) groups excluding carboxylic acids is 1. The first-order valence-electron chi connectivity index (χ1n) is 7.30. The first kappa shape index (κ1) is 16.7. The fourth-order valence-electron chi connectivity index (χ4n) is 1.88. The second-order valence-corrected chi connectivity index (χ2v) is 8.39. The Kier molecular flexibility index (Phi) is 4.17. The van der Waals surface area contributed by atoms with Crippen LogP contribution in [0.4, 0.5) is 5.13 Å². The Labute approximate surface area is 135 Å². The third-order valence-electron chi connectivity index (χ3n) is 3.37. The van der Waals surface area contributed by atoms with E-state index >= 15 is 0 Å². The number of aryl methyl sites for hydroxylation is 1. The maximum atomic E-state index is 12.4. The summed E-state index contributed by atoms with van der Waals surface area (Å²) in [4.78, 5) is 16.9. The standard InChI is InChI=1S/C16H24N4OS/c1-15(2,3)11-8-10(20(7)19-11)13(21)18-14-17-12(9-22-14)16(4,5)6/h8-9H,1-7H3,(H,17,18,21).